The van der Waals surface area contributed by atoms with E-state index >= 15 is 0 Å². The van der Waals surface area contributed by atoms with Gasteiger partial charge in [-0.15, -0.1) is 0 Å². The highest BCUT2D eigenvalue weighted by Gasteiger charge is 2.44. The predicted molar refractivity (Wildman–Crippen MR) is 157 cm³/mol. The highest BCUT2D eigenvalue weighted by atomic mass is 16.2. The molecule has 2 aliphatic rings. The highest BCUT2D eigenvalue weighted by Crippen LogP contribution is 2.30. The Morgan fingerprint density at radius 1 is 1.00 bits per heavy atom. The first-order valence-electron chi connectivity index (χ1n) is 15.1. The molecule has 0 radical (unpaired) electrons. The lowest BCUT2D eigenvalue weighted by atomic mass is 9.87. The average Bonchev–Trinajstić information content (AvgIpc) is 3.67. The van der Waals surface area contributed by atoms with Gasteiger partial charge in [0.05, 0.1) is 18.8 Å². The zero-order valence-corrected chi connectivity index (χ0v) is 25.8. The van der Waals surface area contributed by atoms with E-state index in [0.29, 0.717) is 32.2 Å². The maximum Gasteiger partial charge on any atom is 0.289 e. The van der Waals surface area contributed by atoms with Crippen molar-refractivity contribution in [3.05, 3.63) is 24.3 Å². The first kappa shape index (κ1) is 33.6. The van der Waals surface area contributed by atoms with Crippen molar-refractivity contribution < 1.29 is 28.8 Å². The number of rotatable bonds is 14. The van der Waals surface area contributed by atoms with Crippen LogP contribution in [-0.2, 0) is 24.0 Å². The van der Waals surface area contributed by atoms with Crippen LogP contribution in [0.2, 0.25) is 0 Å². The van der Waals surface area contributed by atoms with Gasteiger partial charge in [0.25, 0.3) is 11.8 Å². The molecule has 1 aromatic heterocycles. The molecule has 5 amide bonds. The standard InChI is InChI=1S/C30H45N7O6/c1-6-8-20(25(39)28(42)34-19-9-10-19)36-27(41)24-18(7-2)11-14-37(24)29(43)21(15-30(3,4)5)35-23(38)17-33-26(40)22-16-31-12-13-32-22/h12-13,16,18-21,24H,6-11,14-15,17H2,1-5H3,(H,33,40)(H,34,42)(H,35,38)(H,36,41)/t18-,20?,21-,24-/m0/s1. The third-order valence-corrected chi connectivity index (χ3v) is 7.60. The number of Topliss-reactive ketones (excluding diaryl/α,β-unsaturated/α-hetero) is 1. The lowest BCUT2D eigenvalue weighted by Gasteiger charge is -2.33. The van der Waals surface area contributed by atoms with E-state index in [1.165, 1.54) is 23.5 Å². The van der Waals surface area contributed by atoms with Gasteiger partial charge in [-0.1, -0.05) is 47.5 Å². The number of amides is 5. The molecule has 1 aliphatic carbocycles. The maximum atomic E-state index is 14.0. The van der Waals surface area contributed by atoms with Gasteiger partial charge in [0.2, 0.25) is 23.5 Å². The summed E-state index contributed by atoms with van der Waals surface area (Å²) in [6.07, 6.45) is 8.10. The summed E-state index contributed by atoms with van der Waals surface area (Å²) in [4.78, 5) is 87.4. The SMILES string of the molecule is CCCC(NC(=O)[C@@H]1[C@@H](CC)CCN1C(=O)[C@H](CC(C)(C)C)NC(=O)CNC(=O)c1cnccn1)C(=O)C(=O)NC1CC1. The summed E-state index contributed by atoms with van der Waals surface area (Å²) in [6.45, 7) is 9.54. The van der Waals surface area contributed by atoms with Gasteiger partial charge in [-0.25, -0.2) is 4.98 Å². The molecule has 1 aromatic rings. The van der Waals surface area contributed by atoms with Crippen LogP contribution in [0.3, 0.4) is 0 Å². The molecule has 3 rings (SSSR count). The molecule has 2 fully saturated rings. The number of hydrogen-bond acceptors (Lipinski definition) is 8. The number of ketones is 1. The van der Waals surface area contributed by atoms with Gasteiger partial charge in [-0.05, 0) is 43.4 Å². The maximum absolute atomic E-state index is 14.0. The van der Waals surface area contributed by atoms with E-state index in [4.69, 9.17) is 0 Å². The summed E-state index contributed by atoms with van der Waals surface area (Å²) in [6, 6.07) is -2.79. The Morgan fingerprint density at radius 3 is 2.30 bits per heavy atom. The van der Waals surface area contributed by atoms with Gasteiger partial charge in [0.15, 0.2) is 0 Å². The Balaban J connectivity index is 1.72. The van der Waals surface area contributed by atoms with E-state index in [1.54, 1.807) is 0 Å². The largest absolute Gasteiger partial charge is 0.347 e. The van der Waals surface area contributed by atoms with E-state index in [0.717, 1.165) is 12.8 Å². The van der Waals surface area contributed by atoms with Crippen molar-refractivity contribution in [1.29, 1.82) is 0 Å². The molecule has 4 atom stereocenters. The van der Waals surface area contributed by atoms with E-state index in [2.05, 4.69) is 31.2 Å². The van der Waals surface area contributed by atoms with Crippen molar-refractivity contribution in [3.63, 3.8) is 0 Å². The first-order valence-corrected chi connectivity index (χ1v) is 15.1. The normalized spacial score (nSPS) is 19.6. The number of carbonyl (C=O) groups is 6. The van der Waals surface area contributed by atoms with Crippen LogP contribution in [-0.4, -0.2) is 87.4 Å². The molecular formula is C30H45N7O6. The molecule has 236 valence electrons. The monoisotopic (exact) mass is 599 g/mol. The zero-order valence-electron chi connectivity index (χ0n) is 25.8. The van der Waals surface area contributed by atoms with Crippen LogP contribution >= 0.6 is 0 Å². The summed E-state index contributed by atoms with van der Waals surface area (Å²) < 4.78 is 0. The van der Waals surface area contributed by atoms with Crippen LogP contribution in [0.1, 0.15) is 90.1 Å². The summed E-state index contributed by atoms with van der Waals surface area (Å²) in [5.41, 5.74) is -0.301. The van der Waals surface area contributed by atoms with Gasteiger partial charge in [-0.2, -0.15) is 0 Å². The topological polar surface area (TPSA) is 180 Å². The molecule has 1 aliphatic heterocycles. The Hall–Kier alpha value is -3.90. The van der Waals surface area contributed by atoms with E-state index < -0.39 is 53.4 Å². The minimum Gasteiger partial charge on any atom is -0.347 e. The highest BCUT2D eigenvalue weighted by molar-refractivity contribution is 6.38. The molecule has 0 aromatic carbocycles. The Morgan fingerprint density at radius 2 is 1.72 bits per heavy atom. The summed E-state index contributed by atoms with van der Waals surface area (Å²) >= 11 is 0. The van der Waals surface area contributed by atoms with Crippen molar-refractivity contribution in [2.75, 3.05) is 13.1 Å². The third-order valence-electron chi connectivity index (χ3n) is 7.60. The molecule has 43 heavy (non-hydrogen) atoms. The van der Waals surface area contributed by atoms with Crippen LogP contribution in [0, 0.1) is 11.3 Å². The second kappa shape index (κ2) is 15.0. The van der Waals surface area contributed by atoms with E-state index in [1.807, 2.05) is 34.6 Å². The number of likely N-dealkylation sites (tertiary alicyclic amines) is 1. The van der Waals surface area contributed by atoms with Crippen molar-refractivity contribution in [2.24, 2.45) is 11.3 Å². The molecule has 13 nitrogen and oxygen atoms in total. The molecule has 2 heterocycles. The molecule has 1 saturated heterocycles. The van der Waals surface area contributed by atoms with Crippen LogP contribution in [0.15, 0.2) is 18.6 Å². The lowest BCUT2D eigenvalue weighted by molar-refractivity contribution is -0.144. The molecule has 1 unspecified atom stereocenters. The molecular weight excluding hydrogens is 554 g/mol. The number of aromatic nitrogens is 2. The predicted octanol–water partition coefficient (Wildman–Crippen LogP) is 0.887. The first-order chi connectivity index (χ1) is 20.3. The van der Waals surface area contributed by atoms with Crippen molar-refractivity contribution in [1.82, 2.24) is 36.1 Å². The third kappa shape index (κ3) is 9.82. The number of nitrogens with one attached hydrogen (secondary N) is 4. The Bertz CT molecular complexity index is 1180. The number of nitrogens with zero attached hydrogens (tertiary/aromatic N) is 3. The van der Waals surface area contributed by atoms with Crippen LogP contribution in [0.5, 0.6) is 0 Å². The lowest BCUT2D eigenvalue weighted by Crippen LogP contribution is -2.58. The van der Waals surface area contributed by atoms with E-state index in [9.17, 15) is 28.8 Å². The smallest absolute Gasteiger partial charge is 0.289 e. The van der Waals surface area contributed by atoms with Crippen molar-refractivity contribution in [3.8, 4) is 0 Å². The zero-order chi connectivity index (χ0) is 31.7. The van der Waals surface area contributed by atoms with Crippen molar-refractivity contribution in [2.45, 2.75) is 104 Å². The molecule has 13 heteroatoms. The number of hydrogen-bond donors (Lipinski definition) is 4. The van der Waals surface area contributed by atoms with Gasteiger partial charge in [-0.3, -0.25) is 33.8 Å². The summed E-state index contributed by atoms with van der Waals surface area (Å²) in [5.74, 6) is -3.59. The van der Waals surface area contributed by atoms with Gasteiger partial charge in [0.1, 0.15) is 17.8 Å². The fourth-order valence-electron chi connectivity index (χ4n) is 5.27. The quantitative estimate of drug-likeness (QED) is 0.228. The van der Waals surface area contributed by atoms with Crippen molar-refractivity contribution >= 4 is 35.3 Å². The molecule has 0 bridgehead atoms. The van der Waals surface area contributed by atoms with Crippen LogP contribution in [0.25, 0.3) is 0 Å². The molecule has 4 N–H and O–H groups in total. The molecule has 1 saturated carbocycles. The van der Waals surface area contributed by atoms with Gasteiger partial charge < -0.3 is 26.2 Å². The van der Waals surface area contributed by atoms with Gasteiger partial charge in [0, 0.05) is 25.0 Å². The molecule has 0 spiro atoms. The van der Waals surface area contributed by atoms with Crippen LogP contribution < -0.4 is 21.3 Å². The second-order valence-corrected chi connectivity index (χ2v) is 12.6. The second-order valence-electron chi connectivity index (χ2n) is 12.6. The summed E-state index contributed by atoms with van der Waals surface area (Å²) in [7, 11) is 0. The van der Waals surface area contributed by atoms with Gasteiger partial charge >= 0.3 is 0 Å². The fourth-order valence-corrected chi connectivity index (χ4v) is 5.27. The minimum absolute atomic E-state index is 0.0112. The Labute approximate surface area is 252 Å². The summed E-state index contributed by atoms with van der Waals surface area (Å²) in [5, 5.41) is 10.7. The average molecular weight is 600 g/mol. The minimum atomic E-state index is -0.991. The Kier molecular flexibility index (Phi) is 11.7. The van der Waals surface area contributed by atoms with Crippen LogP contribution in [0.4, 0.5) is 0 Å². The van der Waals surface area contributed by atoms with E-state index in [-0.39, 0.29) is 36.0 Å². The fraction of sp³-hybridized carbons (Fsp3) is 0.667. The number of carbonyl (C=O) groups excluding carboxylic acids is 6.